The molecule has 2 aromatic rings. The number of fused-ring (bicyclic) bond motifs is 1. The molecule has 4 heteroatoms. The molecule has 2 aromatic carbocycles. The summed E-state index contributed by atoms with van der Waals surface area (Å²) in [7, 11) is 1.69. The van der Waals surface area contributed by atoms with E-state index in [1.807, 2.05) is 18.2 Å². The van der Waals surface area contributed by atoms with Crippen LogP contribution in [0, 0.1) is 5.82 Å². The standard InChI is InChI=1S/C17H17FN2O/c1-20(14-6-4-5-13(18)10-14)17(21)9-12-11-19-16-8-3-2-7-15(12)16/h2-8,10,12,19H,9,11H2,1H3. The summed E-state index contributed by atoms with van der Waals surface area (Å²) in [6, 6.07) is 14.1. The number of nitrogens with zero attached hydrogens (tertiary/aromatic N) is 1. The van der Waals surface area contributed by atoms with Crippen molar-refractivity contribution in [2.75, 3.05) is 23.8 Å². The van der Waals surface area contributed by atoms with E-state index in [0.29, 0.717) is 12.1 Å². The van der Waals surface area contributed by atoms with Crippen LogP contribution in [0.15, 0.2) is 48.5 Å². The summed E-state index contributed by atoms with van der Waals surface area (Å²) < 4.78 is 13.2. The average molecular weight is 284 g/mol. The first-order valence-corrected chi connectivity index (χ1v) is 7.00. The third kappa shape index (κ3) is 2.75. The van der Waals surface area contributed by atoms with Gasteiger partial charge in [-0.3, -0.25) is 4.79 Å². The highest BCUT2D eigenvalue weighted by Gasteiger charge is 2.25. The second-order valence-electron chi connectivity index (χ2n) is 5.30. The summed E-state index contributed by atoms with van der Waals surface area (Å²) in [5.74, 6) is -0.172. The van der Waals surface area contributed by atoms with Crippen LogP contribution in [-0.4, -0.2) is 19.5 Å². The fraction of sp³-hybridized carbons (Fsp3) is 0.235. The second-order valence-corrected chi connectivity index (χ2v) is 5.30. The van der Waals surface area contributed by atoms with Gasteiger partial charge in [0, 0.05) is 37.3 Å². The molecule has 1 heterocycles. The largest absolute Gasteiger partial charge is 0.384 e. The molecule has 1 aliphatic heterocycles. The Balaban J connectivity index is 1.73. The van der Waals surface area contributed by atoms with E-state index in [1.165, 1.54) is 22.6 Å². The van der Waals surface area contributed by atoms with Gasteiger partial charge in [0.2, 0.25) is 5.91 Å². The maximum Gasteiger partial charge on any atom is 0.227 e. The summed E-state index contributed by atoms with van der Waals surface area (Å²) in [6.07, 6.45) is 0.414. The number of carbonyl (C=O) groups is 1. The molecule has 108 valence electrons. The molecule has 1 aliphatic rings. The molecule has 0 saturated carbocycles. The lowest BCUT2D eigenvalue weighted by Crippen LogP contribution is -2.28. The van der Waals surface area contributed by atoms with Crippen molar-refractivity contribution in [3.8, 4) is 0 Å². The van der Waals surface area contributed by atoms with E-state index in [1.54, 1.807) is 19.2 Å². The first-order valence-electron chi connectivity index (χ1n) is 7.00. The highest BCUT2D eigenvalue weighted by Crippen LogP contribution is 2.33. The maximum absolute atomic E-state index is 13.2. The highest BCUT2D eigenvalue weighted by molar-refractivity contribution is 5.93. The molecule has 0 fully saturated rings. The number of nitrogens with one attached hydrogen (secondary N) is 1. The predicted octanol–water partition coefficient (Wildman–Crippen LogP) is 3.39. The van der Waals surface area contributed by atoms with Crippen molar-refractivity contribution in [2.24, 2.45) is 0 Å². The van der Waals surface area contributed by atoms with Crippen LogP contribution in [0.1, 0.15) is 17.9 Å². The fourth-order valence-corrected chi connectivity index (χ4v) is 2.72. The molecule has 3 nitrogen and oxygen atoms in total. The van der Waals surface area contributed by atoms with Crippen molar-refractivity contribution in [3.05, 3.63) is 59.9 Å². The number of para-hydroxylation sites is 1. The fourth-order valence-electron chi connectivity index (χ4n) is 2.72. The number of hydrogen-bond donors (Lipinski definition) is 1. The average Bonchev–Trinajstić information content (AvgIpc) is 2.90. The summed E-state index contributed by atoms with van der Waals surface area (Å²) >= 11 is 0. The molecule has 1 amide bonds. The van der Waals surface area contributed by atoms with Crippen LogP contribution >= 0.6 is 0 Å². The Morgan fingerprint density at radius 2 is 2.10 bits per heavy atom. The summed E-state index contributed by atoms with van der Waals surface area (Å²) in [4.78, 5) is 13.9. The number of halogens is 1. The molecule has 0 saturated heterocycles. The Hall–Kier alpha value is -2.36. The van der Waals surface area contributed by atoms with Gasteiger partial charge in [-0.1, -0.05) is 24.3 Å². The molecular weight excluding hydrogens is 267 g/mol. The molecule has 0 radical (unpaired) electrons. The van der Waals surface area contributed by atoms with Gasteiger partial charge < -0.3 is 10.2 Å². The monoisotopic (exact) mass is 284 g/mol. The van der Waals surface area contributed by atoms with Crippen molar-refractivity contribution < 1.29 is 9.18 Å². The van der Waals surface area contributed by atoms with E-state index in [9.17, 15) is 9.18 Å². The molecule has 1 unspecified atom stereocenters. The molecule has 0 spiro atoms. The number of amides is 1. The molecule has 3 rings (SSSR count). The van der Waals surface area contributed by atoms with Crippen LogP contribution in [0.3, 0.4) is 0 Å². The van der Waals surface area contributed by atoms with E-state index in [0.717, 1.165) is 12.2 Å². The zero-order valence-electron chi connectivity index (χ0n) is 11.8. The lowest BCUT2D eigenvalue weighted by Gasteiger charge is -2.19. The van der Waals surface area contributed by atoms with Gasteiger partial charge in [-0.2, -0.15) is 0 Å². The van der Waals surface area contributed by atoms with Gasteiger partial charge in [-0.05, 0) is 29.8 Å². The minimum Gasteiger partial charge on any atom is -0.384 e. The molecule has 0 aliphatic carbocycles. The lowest BCUT2D eigenvalue weighted by molar-refractivity contribution is -0.118. The normalized spacial score (nSPS) is 16.2. The third-order valence-corrected chi connectivity index (χ3v) is 3.93. The van der Waals surface area contributed by atoms with Gasteiger partial charge >= 0.3 is 0 Å². The Kier molecular flexibility index (Phi) is 3.60. The smallest absolute Gasteiger partial charge is 0.227 e. The minimum absolute atomic E-state index is 0.0101. The van der Waals surface area contributed by atoms with E-state index in [2.05, 4.69) is 11.4 Å². The predicted molar refractivity (Wildman–Crippen MR) is 82.1 cm³/mol. The Morgan fingerprint density at radius 3 is 2.90 bits per heavy atom. The molecule has 21 heavy (non-hydrogen) atoms. The van der Waals surface area contributed by atoms with Crippen LogP contribution < -0.4 is 10.2 Å². The summed E-state index contributed by atoms with van der Waals surface area (Å²) in [5.41, 5.74) is 2.86. The Labute approximate surface area is 123 Å². The quantitative estimate of drug-likeness (QED) is 0.937. The second kappa shape index (κ2) is 5.56. The number of carbonyl (C=O) groups excluding carboxylic acids is 1. The SMILES string of the molecule is CN(C(=O)CC1CNc2ccccc21)c1cccc(F)c1. The van der Waals surface area contributed by atoms with Gasteiger partial charge in [0.25, 0.3) is 0 Å². The van der Waals surface area contributed by atoms with Gasteiger partial charge in [0.15, 0.2) is 0 Å². The van der Waals surface area contributed by atoms with E-state index in [-0.39, 0.29) is 17.6 Å². The van der Waals surface area contributed by atoms with E-state index in [4.69, 9.17) is 0 Å². The number of benzene rings is 2. The highest BCUT2D eigenvalue weighted by atomic mass is 19.1. The van der Waals surface area contributed by atoms with Crippen LogP contribution in [0.25, 0.3) is 0 Å². The molecule has 1 atom stereocenters. The van der Waals surface area contributed by atoms with Gasteiger partial charge in [-0.25, -0.2) is 4.39 Å². The van der Waals surface area contributed by atoms with Crippen LogP contribution in [0.4, 0.5) is 15.8 Å². The van der Waals surface area contributed by atoms with E-state index < -0.39 is 0 Å². The van der Waals surface area contributed by atoms with Crippen molar-refractivity contribution in [3.63, 3.8) is 0 Å². The number of anilines is 2. The third-order valence-electron chi connectivity index (χ3n) is 3.93. The van der Waals surface area contributed by atoms with Crippen molar-refractivity contribution in [1.29, 1.82) is 0 Å². The number of rotatable bonds is 3. The molecule has 0 bridgehead atoms. The van der Waals surface area contributed by atoms with Crippen LogP contribution in [-0.2, 0) is 4.79 Å². The van der Waals surface area contributed by atoms with Crippen LogP contribution in [0.2, 0.25) is 0 Å². The van der Waals surface area contributed by atoms with Gasteiger partial charge in [0.1, 0.15) is 5.82 Å². The first kappa shape index (κ1) is 13.6. The Morgan fingerprint density at radius 1 is 1.29 bits per heavy atom. The topological polar surface area (TPSA) is 32.3 Å². The molecule has 1 N–H and O–H groups in total. The molecular formula is C17H17FN2O. The van der Waals surface area contributed by atoms with Gasteiger partial charge in [-0.15, -0.1) is 0 Å². The summed E-state index contributed by atoms with van der Waals surface area (Å²) in [6.45, 7) is 0.766. The Bertz CT molecular complexity index is 671. The maximum atomic E-state index is 13.2. The van der Waals surface area contributed by atoms with Crippen molar-refractivity contribution >= 4 is 17.3 Å². The zero-order chi connectivity index (χ0) is 14.8. The lowest BCUT2D eigenvalue weighted by atomic mass is 9.97. The summed E-state index contributed by atoms with van der Waals surface area (Å²) in [5, 5.41) is 3.31. The number of hydrogen-bond acceptors (Lipinski definition) is 2. The van der Waals surface area contributed by atoms with Crippen LogP contribution in [0.5, 0.6) is 0 Å². The minimum atomic E-state index is -0.333. The van der Waals surface area contributed by atoms with Crippen molar-refractivity contribution in [1.82, 2.24) is 0 Å². The van der Waals surface area contributed by atoms with E-state index >= 15 is 0 Å². The first-order chi connectivity index (χ1) is 10.1. The van der Waals surface area contributed by atoms with Gasteiger partial charge in [0.05, 0.1) is 0 Å². The zero-order valence-corrected chi connectivity index (χ0v) is 11.8. The van der Waals surface area contributed by atoms with Crippen molar-refractivity contribution in [2.45, 2.75) is 12.3 Å². The molecule has 0 aromatic heterocycles.